The third kappa shape index (κ3) is 3.70. The molecule has 3 nitrogen and oxygen atoms in total. The van der Waals surface area contributed by atoms with Gasteiger partial charge in [-0.2, -0.15) is 0 Å². The topological polar surface area (TPSA) is 50.1 Å². The molecule has 1 fully saturated rings. The molecular weight excluding hydrogens is 138 g/mol. The van der Waals surface area contributed by atoms with Crippen LogP contribution in [0, 0.1) is 5.92 Å². The molecule has 0 saturated carbocycles. The van der Waals surface area contributed by atoms with Crippen LogP contribution in [0.4, 0.5) is 0 Å². The van der Waals surface area contributed by atoms with Crippen molar-refractivity contribution in [3.63, 3.8) is 0 Å². The predicted octanol–water partition coefficient (Wildman–Crippen LogP) is -0.118. The van der Waals surface area contributed by atoms with Gasteiger partial charge in [-0.3, -0.25) is 0 Å². The predicted molar refractivity (Wildman–Crippen MR) is 47.3 cm³/mol. The van der Waals surface area contributed by atoms with E-state index in [9.17, 15) is 0 Å². The summed E-state index contributed by atoms with van der Waals surface area (Å²) in [6, 6.07) is 0. The lowest BCUT2D eigenvalue weighted by atomic mass is 9.95. The minimum Gasteiger partial charge on any atom is -0.318 e. The second-order valence-electron chi connectivity index (χ2n) is 3.19. The van der Waals surface area contributed by atoms with Gasteiger partial charge in [-0.15, -0.1) is 0 Å². The zero-order valence-electron chi connectivity index (χ0n) is 7.10. The molecule has 0 spiro atoms. The minimum atomic E-state index is 0.616. The Labute approximate surface area is 68.7 Å². The fraction of sp³-hybridized carbons (Fsp3) is 1.00. The molecule has 3 heteroatoms. The molecule has 1 aliphatic rings. The van der Waals surface area contributed by atoms with E-state index in [2.05, 4.69) is 10.6 Å². The van der Waals surface area contributed by atoms with Gasteiger partial charge in [0.1, 0.15) is 0 Å². The van der Waals surface area contributed by atoms with Crippen molar-refractivity contribution in [2.75, 3.05) is 26.3 Å². The molecular formula is C8H19N3. The van der Waals surface area contributed by atoms with Gasteiger partial charge in [0.15, 0.2) is 0 Å². The maximum absolute atomic E-state index is 5.32. The van der Waals surface area contributed by atoms with Crippen LogP contribution in [-0.4, -0.2) is 26.3 Å². The first-order valence-corrected chi connectivity index (χ1v) is 4.55. The maximum atomic E-state index is 5.32. The maximum Gasteiger partial charge on any atom is 0.0428 e. The fourth-order valence-electron chi connectivity index (χ4n) is 1.58. The molecule has 0 unspecified atom stereocenters. The summed E-state index contributed by atoms with van der Waals surface area (Å²) in [5, 5.41) is 6.51. The fourth-order valence-corrected chi connectivity index (χ4v) is 1.58. The molecule has 0 aromatic carbocycles. The molecule has 1 aliphatic heterocycles. The third-order valence-corrected chi connectivity index (χ3v) is 2.33. The van der Waals surface area contributed by atoms with Crippen LogP contribution in [0.1, 0.15) is 19.3 Å². The Morgan fingerprint density at radius 2 is 2.09 bits per heavy atom. The lowest BCUT2D eigenvalue weighted by molar-refractivity contribution is 0.349. The van der Waals surface area contributed by atoms with Crippen molar-refractivity contribution in [3.8, 4) is 0 Å². The van der Waals surface area contributed by atoms with Crippen LogP contribution < -0.4 is 16.4 Å². The molecule has 1 rings (SSSR count). The average Bonchev–Trinajstić information content (AvgIpc) is 2.07. The van der Waals surface area contributed by atoms with Crippen molar-refractivity contribution in [1.29, 1.82) is 0 Å². The molecule has 0 bridgehead atoms. The van der Waals surface area contributed by atoms with E-state index >= 15 is 0 Å². The van der Waals surface area contributed by atoms with Crippen LogP contribution >= 0.6 is 0 Å². The summed E-state index contributed by atoms with van der Waals surface area (Å²) in [5.74, 6) is 0.926. The van der Waals surface area contributed by atoms with Gasteiger partial charge in [0.25, 0.3) is 0 Å². The second-order valence-corrected chi connectivity index (χ2v) is 3.19. The van der Waals surface area contributed by atoms with Crippen molar-refractivity contribution in [3.05, 3.63) is 0 Å². The standard InChI is InChI=1S/C8H19N3/c9-7-11-6-3-8-1-4-10-5-2-8/h8,10-11H,1-7,9H2. The second kappa shape index (κ2) is 5.52. The van der Waals surface area contributed by atoms with Crippen LogP contribution in [-0.2, 0) is 0 Å². The lowest BCUT2D eigenvalue weighted by Crippen LogP contribution is -2.31. The van der Waals surface area contributed by atoms with E-state index in [-0.39, 0.29) is 0 Å². The number of nitrogens with one attached hydrogen (secondary N) is 2. The Kier molecular flexibility index (Phi) is 4.50. The Balaban J connectivity index is 1.96. The van der Waals surface area contributed by atoms with Crippen molar-refractivity contribution in [2.45, 2.75) is 19.3 Å². The van der Waals surface area contributed by atoms with Crippen molar-refractivity contribution in [2.24, 2.45) is 11.7 Å². The number of rotatable bonds is 4. The molecule has 0 aromatic heterocycles. The van der Waals surface area contributed by atoms with Crippen LogP contribution in [0.25, 0.3) is 0 Å². The molecule has 11 heavy (non-hydrogen) atoms. The summed E-state index contributed by atoms with van der Waals surface area (Å²) < 4.78 is 0. The Morgan fingerprint density at radius 3 is 2.73 bits per heavy atom. The van der Waals surface area contributed by atoms with Gasteiger partial charge in [0.05, 0.1) is 0 Å². The summed E-state index contributed by atoms with van der Waals surface area (Å²) in [4.78, 5) is 0. The van der Waals surface area contributed by atoms with Crippen LogP contribution in [0.2, 0.25) is 0 Å². The first-order valence-electron chi connectivity index (χ1n) is 4.55. The van der Waals surface area contributed by atoms with Gasteiger partial charge < -0.3 is 16.4 Å². The van der Waals surface area contributed by atoms with Crippen LogP contribution in [0.5, 0.6) is 0 Å². The van der Waals surface area contributed by atoms with Crippen LogP contribution in [0.3, 0.4) is 0 Å². The average molecular weight is 157 g/mol. The van der Waals surface area contributed by atoms with E-state index in [4.69, 9.17) is 5.73 Å². The number of hydrogen-bond acceptors (Lipinski definition) is 3. The zero-order valence-corrected chi connectivity index (χ0v) is 7.10. The van der Waals surface area contributed by atoms with E-state index in [1.165, 1.54) is 32.4 Å². The summed E-state index contributed by atoms with van der Waals surface area (Å²) in [6.07, 6.45) is 3.97. The van der Waals surface area contributed by atoms with Crippen molar-refractivity contribution < 1.29 is 0 Å². The SMILES string of the molecule is NCNCCC1CCNCC1. The summed E-state index contributed by atoms with van der Waals surface area (Å²) in [6.45, 7) is 4.10. The molecule has 1 heterocycles. The van der Waals surface area contributed by atoms with E-state index in [1.54, 1.807) is 0 Å². The summed E-state index contributed by atoms with van der Waals surface area (Å²) in [7, 11) is 0. The molecule has 0 atom stereocenters. The lowest BCUT2D eigenvalue weighted by Gasteiger charge is -2.22. The molecule has 0 radical (unpaired) electrons. The zero-order chi connectivity index (χ0) is 7.94. The highest BCUT2D eigenvalue weighted by molar-refractivity contribution is 4.68. The molecule has 66 valence electrons. The third-order valence-electron chi connectivity index (χ3n) is 2.33. The van der Waals surface area contributed by atoms with Crippen LogP contribution in [0.15, 0.2) is 0 Å². The quantitative estimate of drug-likeness (QED) is 0.394. The molecule has 0 aromatic rings. The van der Waals surface area contributed by atoms with Gasteiger partial charge in [0, 0.05) is 6.67 Å². The molecule has 0 amide bonds. The first kappa shape index (κ1) is 8.97. The first-order chi connectivity index (χ1) is 5.43. The number of nitrogens with two attached hydrogens (primary N) is 1. The summed E-state index contributed by atoms with van der Waals surface area (Å²) >= 11 is 0. The normalized spacial score (nSPS) is 20.5. The summed E-state index contributed by atoms with van der Waals surface area (Å²) in [5.41, 5.74) is 5.32. The van der Waals surface area contributed by atoms with E-state index in [0.29, 0.717) is 6.67 Å². The Bertz CT molecular complexity index is 89.3. The van der Waals surface area contributed by atoms with Crippen molar-refractivity contribution in [1.82, 2.24) is 10.6 Å². The van der Waals surface area contributed by atoms with Crippen molar-refractivity contribution >= 4 is 0 Å². The Morgan fingerprint density at radius 1 is 1.36 bits per heavy atom. The largest absolute Gasteiger partial charge is 0.318 e. The number of hydrogen-bond donors (Lipinski definition) is 3. The number of piperidine rings is 1. The van der Waals surface area contributed by atoms with Gasteiger partial charge >= 0.3 is 0 Å². The molecule has 0 aliphatic carbocycles. The highest BCUT2D eigenvalue weighted by Crippen LogP contribution is 2.14. The van der Waals surface area contributed by atoms with Gasteiger partial charge in [0.2, 0.25) is 0 Å². The van der Waals surface area contributed by atoms with Gasteiger partial charge in [-0.25, -0.2) is 0 Å². The van der Waals surface area contributed by atoms with E-state index in [1.807, 2.05) is 0 Å². The monoisotopic (exact) mass is 157 g/mol. The molecule has 4 N–H and O–H groups in total. The van der Waals surface area contributed by atoms with Gasteiger partial charge in [-0.05, 0) is 44.8 Å². The van der Waals surface area contributed by atoms with Gasteiger partial charge in [-0.1, -0.05) is 0 Å². The molecule has 1 saturated heterocycles. The highest BCUT2D eigenvalue weighted by Gasteiger charge is 2.11. The van der Waals surface area contributed by atoms with E-state index in [0.717, 1.165) is 12.5 Å². The smallest absolute Gasteiger partial charge is 0.0428 e. The van der Waals surface area contributed by atoms with E-state index < -0.39 is 0 Å². The minimum absolute atomic E-state index is 0.616. The Hall–Kier alpha value is -0.120. The highest BCUT2D eigenvalue weighted by atomic mass is 14.9.